The average Bonchev–Trinajstić information content (AvgIpc) is 2.63. The van der Waals surface area contributed by atoms with Crippen molar-refractivity contribution in [2.75, 3.05) is 5.32 Å². The number of hydrogen-bond donors (Lipinski definition) is 2. The van der Waals surface area contributed by atoms with Gasteiger partial charge in [-0.15, -0.1) is 0 Å². The number of carbonyl (C=O) groups is 1. The van der Waals surface area contributed by atoms with Crippen molar-refractivity contribution in [2.24, 2.45) is 0 Å². The van der Waals surface area contributed by atoms with Crippen LogP contribution in [0, 0.1) is 0 Å². The first-order valence-electron chi connectivity index (χ1n) is 7.52. The fraction of sp³-hybridized carbons (Fsp3) is 0.0526. The lowest BCUT2D eigenvalue weighted by atomic mass is 10.1. The van der Waals surface area contributed by atoms with Crippen molar-refractivity contribution < 1.29 is 4.79 Å². The fourth-order valence-corrected chi connectivity index (χ4v) is 2.45. The van der Waals surface area contributed by atoms with Gasteiger partial charge in [0.05, 0.1) is 16.4 Å². The zero-order valence-electron chi connectivity index (χ0n) is 12.9. The Bertz CT molecular complexity index is 837. The van der Waals surface area contributed by atoms with Gasteiger partial charge in [-0.1, -0.05) is 54.1 Å². The summed E-state index contributed by atoms with van der Waals surface area (Å²) in [6, 6.07) is 20.6. The van der Waals surface area contributed by atoms with Crippen LogP contribution in [0.15, 0.2) is 72.9 Å². The molecule has 0 atom stereocenters. The van der Waals surface area contributed by atoms with E-state index in [0.29, 0.717) is 17.3 Å². The lowest BCUT2D eigenvalue weighted by Gasteiger charge is -2.09. The smallest absolute Gasteiger partial charge is 0.319 e. The Balaban J connectivity index is 1.63. The summed E-state index contributed by atoms with van der Waals surface area (Å²) < 4.78 is 0. The molecule has 0 saturated carbocycles. The molecule has 3 aromatic rings. The summed E-state index contributed by atoms with van der Waals surface area (Å²) in [6.45, 7) is 0.401. The molecule has 0 spiro atoms. The van der Waals surface area contributed by atoms with Crippen molar-refractivity contribution in [3.63, 3.8) is 0 Å². The van der Waals surface area contributed by atoms with Gasteiger partial charge in [-0.05, 0) is 29.8 Å². The van der Waals surface area contributed by atoms with E-state index in [0.717, 1.165) is 16.8 Å². The van der Waals surface area contributed by atoms with Crippen LogP contribution in [-0.2, 0) is 6.54 Å². The highest BCUT2D eigenvalue weighted by Crippen LogP contribution is 2.20. The Labute approximate surface area is 145 Å². The van der Waals surface area contributed by atoms with Crippen LogP contribution >= 0.6 is 11.6 Å². The lowest BCUT2D eigenvalue weighted by Crippen LogP contribution is -2.28. The number of nitrogens with one attached hydrogen (secondary N) is 2. The number of pyridine rings is 1. The Morgan fingerprint density at radius 1 is 1.00 bits per heavy atom. The number of para-hydroxylation sites is 1. The SMILES string of the molecule is O=C(NCc1ccnc(-c2ccccc2)c1)Nc1ccccc1Cl. The number of urea groups is 1. The molecule has 4 nitrogen and oxygen atoms in total. The van der Waals surface area contributed by atoms with Gasteiger partial charge < -0.3 is 10.6 Å². The number of carbonyl (C=O) groups excluding carboxylic acids is 1. The van der Waals surface area contributed by atoms with E-state index in [4.69, 9.17) is 11.6 Å². The van der Waals surface area contributed by atoms with Crippen LogP contribution in [0.5, 0.6) is 0 Å². The molecule has 120 valence electrons. The molecule has 0 saturated heterocycles. The summed E-state index contributed by atoms with van der Waals surface area (Å²) in [7, 11) is 0. The molecule has 0 aliphatic rings. The maximum absolute atomic E-state index is 12.0. The summed E-state index contributed by atoms with van der Waals surface area (Å²) >= 11 is 6.02. The van der Waals surface area contributed by atoms with E-state index in [9.17, 15) is 4.79 Å². The second kappa shape index (κ2) is 7.62. The van der Waals surface area contributed by atoms with Crippen molar-refractivity contribution in [3.05, 3.63) is 83.5 Å². The summed E-state index contributed by atoms with van der Waals surface area (Å²) in [4.78, 5) is 16.4. The molecule has 0 bridgehead atoms. The molecule has 1 heterocycles. The highest BCUT2D eigenvalue weighted by Gasteiger charge is 2.05. The van der Waals surface area contributed by atoms with Crippen LogP contribution < -0.4 is 10.6 Å². The molecule has 0 aliphatic carbocycles. The molecule has 5 heteroatoms. The third kappa shape index (κ3) is 4.12. The Morgan fingerprint density at radius 2 is 1.75 bits per heavy atom. The number of halogens is 1. The minimum absolute atomic E-state index is 0.304. The third-order valence-electron chi connectivity index (χ3n) is 3.47. The zero-order valence-corrected chi connectivity index (χ0v) is 13.6. The standard InChI is InChI=1S/C19H16ClN3O/c20-16-8-4-5-9-17(16)23-19(24)22-13-14-10-11-21-18(12-14)15-6-2-1-3-7-15/h1-12H,13H2,(H2,22,23,24). The molecule has 0 radical (unpaired) electrons. The number of benzene rings is 2. The fourth-order valence-electron chi connectivity index (χ4n) is 2.26. The first-order valence-corrected chi connectivity index (χ1v) is 7.90. The average molecular weight is 338 g/mol. The van der Waals surface area contributed by atoms with Gasteiger partial charge in [0, 0.05) is 18.3 Å². The van der Waals surface area contributed by atoms with Gasteiger partial charge in [0.2, 0.25) is 0 Å². The minimum Gasteiger partial charge on any atom is -0.334 e. The predicted molar refractivity (Wildman–Crippen MR) is 97.0 cm³/mol. The van der Waals surface area contributed by atoms with Crippen molar-refractivity contribution in [3.8, 4) is 11.3 Å². The molecule has 0 fully saturated rings. The number of nitrogens with zero attached hydrogens (tertiary/aromatic N) is 1. The van der Waals surface area contributed by atoms with E-state index in [1.807, 2.05) is 54.6 Å². The monoisotopic (exact) mass is 337 g/mol. The van der Waals surface area contributed by atoms with Crippen LogP contribution in [-0.4, -0.2) is 11.0 Å². The largest absolute Gasteiger partial charge is 0.334 e. The lowest BCUT2D eigenvalue weighted by molar-refractivity contribution is 0.251. The molecule has 0 unspecified atom stereocenters. The molecule has 1 aromatic heterocycles. The van der Waals surface area contributed by atoms with E-state index < -0.39 is 0 Å². The maximum Gasteiger partial charge on any atom is 0.319 e. The highest BCUT2D eigenvalue weighted by molar-refractivity contribution is 6.33. The molecule has 3 rings (SSSR count). The quantitative estimate of drug-likeness (QED) is 0.723. The first-order chi connectivity index (χ1) is 11.7. The second-order valence-corrected chi connectivity index (χ2v) is 5.61. The van der Waals surface area contributed by atoms with Gasteiger partial charge >= 0.3 is 6.03 Å². The van der Waals surface area contributed by atoms with Crippen LogP contribution in [0.4, 0.5) is 10.5 Å². The van der Waals surface area contributed by atoms with Gasteiger partial charge in [0.25, 0.3) is 0 Å². The second-order valence-electron chi connectivity index (χ2n) is 5.20. The number of anilines is 1. The van der Waals surface area contributed by atoms with Gasteiger partial charge in [0.15, 0.2) is 0 Å². The Morgan fingerprint density at radius 3 is 2.54 bits per heavy atom. The van der Waals surface area contributed by atoms with Crippen LogP contribution in [0.2, 0.25) is 5.02 Å². The molecular weight excluding hydrogens is 322 g/mol. The number of rotatable bonds is 4. The number of amides is 2. The summed E-state index contributed by atoms with van der Waals surface area (Å²) in [5.41, 5.74) is 3.47. The Hall–Kier alpha value is -2.85. The molecule has 24 heavy (non-hydrogen) atoms. The maximum atomic E-state index is 12.0. The summed E-state index contributed by atoms with van der Waals surface area (Å²) in [5, 5.41) is 6.05. The number of aromatic nitrogens is 1. The van der Waals surface area contributed by atoms with Crippen LogP contribution in [0.25, 0.3) is 11.3 Å². The summed E-state index contributed by atoms with van der Waals surface area (Å²) in [5.74, 6) is 0. The summed E-state index contributed by atoms with van der Waals surface area (Å²) in [6.07, 6.45) is 1.74. The van der Waals surface area contributed by atoms with Crippen LogP contribution in [0.3, 0.4) is 0 Å². The number of hydrogen-bond acceptors (Lipinski definition) is 2. The van der Waals surface area contributed by atoms with Gasteiger partial charge in [0.1, 0.15) is 0 Å². The van der Waals surface area contributed by atoms with E-state index in [2.05, 4.69) is 15.6 Å². The van der Waals surface area contributed by atoms with E-state index >= 15 is 0 Å². The molecular formula is C19H16ClN3O. The zero-order chi connectivity index (χ0) is 16.8. The third-order valence-corrected chi connectivity index (χ3v) is 3.80. The molecule has 0 aliphatic heterocycles. The van der Waals surface area contributed by atoms with E-state index in [1.54, 1.807) is 18.3 Å². The molecule has 2 N–H and O–H groups in total. The topological polar surface area (TPSA) is 54.0 Å². The first kappa shape index (κ1) is 16.0. The van der Waals surface area contributed by atoms with Gasteiger partial charge in [-0.3, -0.25) is 4.98 Å². The van der Waals surface area contributed by atoms with E-state index in [1.165, 1.54) is 0 Å². The van der Waals surface area contributed by atoms with Gasteiger partial charge in [-0.2, -0.15) is 0 Å². The van der Waals surface area contributed by atoms with E-state index in [-0.39, 0.29) is 6.03 Å². The van der Waals surface area contributed by atoms with Crippen molar-refractivity contribution >= 4 is 23.3 Å². The minimum atomic E-state index is -0.304. The van der Waals surface area contributed by atoms with Crippen molar-refractivity contribution in [1.29, 1.82) is 0 Å². The van der Waals surface area contributed by atoms with Gasteiger partial charge in [-0.25, -0.2) is 4.79 Å². The highest BCUT2D eigenvalue weighted by atomic mass is 35.5. The molecule has 2 amide bonds. The Kier molecular flexibility index (Phi) is 5.08. The van der Waals surface area contributed by atoms with Crippen molar-refractivity contribution in [1.82, 2.24) is 10.3 Å². The normalized spacial score (nSPS) is 10.2. The molecule has 2 aromatic carbocycles. The van der Waals surface area contributed by atoms with Crippen LogP contribution in [0.1, 0.15) is 5.56 Å². The van der Waals surface area contributed by atoms with Crippen molar-refractivity contribution in [2.45, 2.75) is 6.54 Å². The predicted octanol–water partition coefficient (Wildman–Crippen LogP) is 4.72.